The number of amides is 1. The Bertz CT molecular complexity index is 804. The van der Waals surface area contributed by atoms with E-state index in [9.17, 15) is 9.18 Å². The van der Waals surface area contributed by atoms with Crippen LogP contribution < -0.4 is 4.90 Å². The number of furan rings is 1. The van der Waals surface area contributed by atoms with E-state index < -0.39 is 0 Å². The lowest BCUT2D eigenvalue weighted by molar-refractivity contribution is -0.126. The molecule has 2 aromatic rings. The molecule has 4 nitrogen and oxygen atoms in total. The normalized spacial score (nSPS) is 22.8. The van der Waals surface area contributed by atoms with E-state index in [1.807, 2.05) is 17.0 Å². The van der Waals surface area contributed by atoms with Gasteiger partial charge >= 0.3 is 0 Å². The fraction of sp³-hybridized carbons (Fsp3) is 0.381. The van der Waals surface area contributed by atoms with Crippen LogP contribution in [0.5, 0.6) is 0 Å². The molecule has 2 unspecified atom stereocenters. The quantitative estimate of drug-likeness (QED) is 0.781. The van der Waals surface area contributed by atoms with Gasteiger partial charge in [-0.3, -0.25) is 4.79 Å². The van der Waals surface area contributed by atoms with Crippen molar-refractivity contribution in [3.05, 3.63) is 59.8 Å². The molecule has 2 fully saturated rings. The van der Waals surface area contributed by atoms with Crippen molar-refractivity contribution < 1.29 is 13.6 Å². The molecule has 1 saturated carbocycles. The number of carbonyl (C=O) groups is 1. The van der Waals surface area contributed by atoms with Crippen LogP contribution in [0, 0.1) is 11.7 Å². The number of rotatable bonds is 4. The van der Waals surface area contributed by atoms with Gasteiger partial charge in [0.1, 0.15) is 17.3 Å². The van der Waals surface area contributed by atoms with Crippen LogP contribution in [0.25, 0.3) is 6.08 Å². The second-order valence-corrected chi connectivity index (χ2v) is 7.18. The van der Waals surface area contributed by atoms with Gasteiger partial charge in [0.2, 0.25) is 5.91 Å². The first-order chi connectivity index (χ1) is 12.6. The molecule has 5 heteroatoms. The molecule has 2 aliphatic rings. The zero-order valence-electron chi connectivity index (χ0n) is 14.9. The lowest BCUT2D eigenvalue weighted by atomic mass is 10.2. The lowest BCUT2D eigenvalue weighted by Crippen LogP contribution is -2.48. The van der Waals surface area contributed by atoms with Crippen LogP contribution in [-0.2, 0) is 4.79 Å². The third kappa shape index (κ3) is 3.66. The van der Waals surface area contributed by atoms with Gasteiger partial charge in [0.25, 0.3) is 0 Å². The van der Waals surface area contributed by atoms with Crippen molar-refractivity contribution in [1.82, 2.24) is 4.90 Å². The van der Waals surface area contributed by atoms with Gasteiger partial charge in [0.05, 0.1) is 0 Å². The zero-order valence-corrected chi connectivity index (χ0v) is 14.9. The van der Waals surface area contributed by atoms with Crippen molar-refractivity contribution in [2.24, 2.45) is 5.92 Å². The number of hydrogen-bond acceptors (Lipinski definition) is 3. The van der Waals surface area contributed by atoms with E-state index in [1.165, 1.54) is 18.6 Å². The first kappa shape index (κ1) is 16.9. The fourth-order valence-electron chi connectivity index (χ4n) is 3.47. The Morgan fingerprint density at radius 3 is 2.46 bits per heavy atom. The smallest absolute Gasteiger partial charge is 0.246 e. The van der Waals surface area contributed by atoms with E-state index in [1.54, 1.807) is 24.3 Å². The second-order valence-electron chi connectivity index (χ2n) is 7.18. The Labute approximate surface area is 152 Å². The molecule has 1 aliphatic carbocycles. The summed E-state index contributed by atoms with van der Waals surface area (Å²) in [6, 6.07) is 10.4. The summed E-state index contributed by atoms with van der Waals surface area (Å²) in [6.45, 7) is 5.02. The summed E-state index contributed by atoms with van der Waals surface area (Å²) in [5, 5.41) is 0. The second kappa shape index (κ2) is 6.98. The number of halogens is 1. The van der Waals surface area contributed by atoms with Crippen molar-refractivity contribution in [3.63, 3.8) is 0 Å². The van der Waals surface area contributed by atoms with Crippen LogP contribution in [0.3, 0.4) is 0 Å². The maximum Gasteiger partial charge on any atom is 0.246 e. The summed E-state index contributed by atoms with van der Waals surface area (Å²) >= 11 is 0. The number of anilines is 1. The maximum absolute atomic E-state index is 13.0. The summed E-state index contributed by atoms with van der Waals surface area (Å²) in [5.74, 6) is 2.78. The highest BCUT2D eigenvalue weighted by Gasteiger charge is 2.36. The highest BCUT2D eigenvalue weighted by Crippen LogP contribution is 2.47. The first-order valence-corrected chi connectivity index (χ1v) is 9.17. The van der Waals surface area contributed by atoms with Gasteiger partial charge in [0.15, 0.2) is 0 Å². The SMILES string of the molecule is CC1CC1c1ccc(/C=C/C(=O)N2CCN(c3ccc(F)cc3)CC2)o1. The molecule has 0 bridgehead atoms. The minimum absolute atomic E-state index is 0.00139. The molecule has 2 heterocycles. The number of benzene rings is 1. The Kier molecular flexibility index (Phi) is 4.53. The van der Waals surface area contributed by atoms with Gasteiger partial charge in [-0.15, -0.1) is 0 Å². The van der Waals surface area contributed by atoms with Crippen molar-refractivity contribution in [2.45, 2.75) is 19.3 Å². The molecular weight excluding hydrogens is 331 g/mol. The summed E-state index contributed by atoms with van der Waals surface area (Å²) in [7, 11) is 0. The van der Waals surface area contributed by atoms with Crippen LogP contribution >= 0.6 is 0 Å². The summed E-state index contributed by atoms with van der Waals surface area (Å²) in [4.78, 5) is 16.4. The highest BCUT2D eigenvalue weighted by molar-refractivity contribution is 5.91. The average molecular weight is 354 g/mol. The van der Waals surface area contributed by atoms with E-state index in [0.29, 0.717) is 24.9 Å². The number of carbonyl (C=O) groups excluding carboxylic acids is 1. The topological polar surface area (TPSA) is 36.7 Å². The predicted molar refractivity (Wildman–Crippen MR) is 99.5 cm³/mol. The molecule has 0 radical (unpaired) electrons. The number of piperazine rings is 1. The molecule has 1 aromatic carbocycles. The minimum Gasteiger partial charge on any atom is -0.461 e. The third-order valence-electron chi connectivity index (χ3n) is 5.30. The average Bonchev–Trinajstić information content (AvgIpc) is 3.20. The summed E-state index contributed by atoms with van der Waals surface area (Å²) in [5.41, 5.74) is 0.992. The molecule has 0 spiro atoms. The van der Waals surface area contributed by atoms with E-state index >= 15 is 0 Å². The van der Waals surface area contributed by atoms with Gasteiger partial charge in [-0.2, -0.15) is 0 Å². The van der Waals surface area contributed by atoms with Crippen LogP contribution in [0.1, 0.15) is 30.8 Å². The van der Waals surface area contributed by atoms with Gasteiger partial charge in [-0.05, 0) is 54.8 Å². The molecule has 2 atom stereocenters. The standard InChI is InChI=1S/C21H23FN2O2/c1-15-14-19(15)20-8-6-18(26-20)7-9-21(25)24-12-10-23(11-13-24)17-4-2-16(22)3-5-17/h2-9,15,19H,10-14H2,1H3/b9-7+. The van der Waals surface area contributed by atoms with Gasteiger partial charge in [-0.25, -0.2) is 4.39 Å². The largest absolute Gasteiger partial charge is 0.461 e. The fourth-order valence-corrected chi connectivity index (χ4v) is 3.47. The molecule has 1 saturated heterocycles. The van der Waals surface area contributed by atoms with Crippen molar-refractivity contribution >= 4 is 17.7 Å². The molecule has 26 heavy (non-hydrogen) atoms. The first-order valence-electron chi connectivity index (χ1n) is 9.17. The van der Waals surface area contributed by atoms with Crippen LogP contribution in [0.2, 0.25) is 0 Å². The van der Waals surface area contributed by atoms with Crippen LogP contribution in [0.15, 0.2) is 46.9 Å². The molecule has 1 aromatic heterocycles. The molecule has 4 rings (SSSR count). The molecule has 136 valence electrons. The minimum atomic E-state index is -0.232. The Balaban J connectivity index is 1.30. The Hall–Kier alpha value is -2.56. The van der Waals surface area contributed by atoms with Crippen LogP contribution in [-0.4, -0.2) is 37.0 Å². The Morgan fingerprint density at radius 2 is 1.81 bits per heavy atom. The Morgan fingerprint density at radius 1 is 1.12 bits per heavy atom. The highest BCUT2D eigenvalue weighted by atomic mass is 19.1. The van der Waals surface area contributed by atoms with Gasteiger partial charge in [0, 0.05) is 43.9 Å². The molecule has 1 amide bonds. The van der Waals surface area contributed by atoms with E-state index in [2.05, 4.69) is 11.8 Å². The monoisotopic (exact) mass is 354 g/mol. The third-order valence-corrected chi connectivity index (χ3v) is 5.30. The number of hydrogen-bond donors (Lipinski definition) is 0. The van der Waals surface area contributed by atoms with Crippen LogP contribution in [0.4, 0.5) is 10.1 Å². The zero-order chi connectivity index (χ0) is 18.1. The molecular formula is C21H23FN2O2. The van der Waals surface area contributed by atoms with Gasteiger partial charge in [-0.1, -0.05) is 6.92 Å². The van der Waals surface area contributed by atoms with E-state index in [-0.39, 0.29) is 11.7 Å². The summed E-state index contributed by atoms with van der Waals surface area (Å²) < 4.78 is 18.8. The lowest BCUT2D eigenvalue weighted by Gasteiger charge is -2.35. The van der Waals surface area contributed by atoms with Crippen molar-refractivity contribution in [2.75, 3.05) is 31.1 Å². The predicted octanol–water partition coefficient (Wildman–Crippen LogP) is 3.90. The van der Waals surface area contributed by atoms with Crippen molar-refractivity contribution in [3.8, 4) is 0 Å². The van der Waals surface area contributed by atoms with E-state index in [0.717, 1.165) is 30.3 Å². The molecule has 1 aliphatic heterocycles. The maximum atomic E-state index is 13.0. The van der Waals surface area contributed by atoms with Crippen molar-refractivity contribution in [1.29, 1.82) is 0 Å². The summed E-state index contributed by atoms with van der Waals surface area (Å²) in [6.07, 6.45) is 4.53. The van der Waals surface area contributed by atoms with Gasteiger partial charge < -0.3 is 14.2 Å². The molecule has 0 N–H and O–H groups in total. The van der Waals surface area contributed by atoms with E-state index in [4.69, 9.17) is 4.42 Å². The number of nitrogens with zero attached hydrogens (tertiary/aromatic N) is 2.